The van der Waals surface area contributed by atoms with Gasteiger partial charge in [0.05, 0.1) is 5.69 Å². The number of allylic oxidation sites excluding steroid dienone is 1. The van der Waals surface area contributed by atoms with Gasteiger partial charge in [-0.1, -0.05) is 11.6 Å². The molecule has 5 rings (SSSR count). The number of anilines is 1. The highest BCUT2D eigenvalue weighted by Gasteiger charge is 2.29. The lowest BCUT2D eigenvalue weighted by Gasteiger charge is -2.36. The van der Waals surface area contributed by atoms with Gasteiger partial charge in [-0.2, -0.15) is 13.9 Å². The molecule has 12 nitrogen and oxygen atoms in total. The predicted molar refractivity (Wildman–Crippen MR) is 158 cm³/mol. The maximum atomic E-state index is 13.4. The molecule has 2 aromatic rings. The molecule has 0 spiro atoms. The van der Waals surface area contributed by atoms with Gasteiger partial charge in [-0.3, -0.25) is 19.7 Å². The van der Waals surface area contributed by atoms with Gasteiger partial charge in [-0.05, 0) is 63.0 Å². The lowest BCUT2D eigenvalue weighted by Crippen LogP contribution is -2.46. The first kappa shape index (κ1) is 30.2. The number of hydrogen-bond donors (Lipinski definition) is 4. The number of nitrogens with two attached hydrogens (primary N) is 1. The molecule has 2 saturated heterocycles. The molecule has 5 N–H and O–H groups in total. The van der Waals surface area contributed by atoms with E-state index in [2.05, 4.69) is 25.6 Å². The Hall–Kier alpha value is -4.30. The molecule has 4 heterocycles. The van der Waals surface area contributed by atoms with Crippen molar-refractivity contribution in [1.82, 2.24) is 24.9 Å². The smallest absolute Gasteiger partial charge is 0.387 e. The summed E-state index contributed by atoms with van der Waals surface area (Å²) in [6.45, 7) is 0.157. The van der Waals surface area contributed by atoms with Crippen LogP contribution in [0.15, 0.2) is 53.1 Å². The predicted octanol–water partition coefficient (Wildman–Crippen LogP) is 3.17. The van der Waals surface area contributed by atoms with Crippen molar-refractivity contribution in [3.8, 4) is 17.0 Å². The van der Waals surface area contributed by atoms with Gasteiger partial charge in [0.2, 0.25) is 5.91 Å². The second kappa shape index (κ2) is 13.3. The summed E-state index contributed by atoms with van der Waals surface area (Å²) in [6.07, 6.45) is 10.1. The summed E-state index contributed by atoms with van der Waals surface area (Å²) < 4.78 is 32.6. The van der Waals surface area contributed by atoms with Crippen molar-refractivity contribution in [3.63, 3.8) is 0 Å². The number of nitrogens with one attached hydrogen (secondary N) is 3. The second-order valence-corrected chi connectivity index (χ2v) is 10.8. The van der Waals surface area contributed by atoms with Gasteiger partial charge in [-0.25, -0.2) is 4.99 Å². The molecule has 15 heteroatoms. The molecule has 0 aliphatic carbocycles. The molecule has 3 aliphatic heterocycles. The number of carbonyl (C=O) groups excluding carboxylic acids is 2. The van der Waals surface area contributed by atoms with E-state index in [9.17, 15) is 18.4 Å². The van der Waals surface area contributed by atoms with Crippen LogP contribution in [-0.2, 0) is 16.1 Å². The Kier molecular flexibility index (Phi) is 9.36. The number of piperidine rings is 1. The minimum absolute atomic E-state index is 0.0277. The average molecular weight is 616 g/mol. The average Bonchev–Trinajstić information content (AvgIpc) is 3.65. The van der Waals surface area contributed by atoms with Crippen LogP contribution < -0.4 is 21.1 Å². The Balaban J connectivity index is 1.42. The van der Waals surface area contributed by atoms with Crippen LogP contribution in [-0.4, -0.2) is 82.3 Å². The maximum absolute atomic E-state index is 13.4. The van der Waals surface area contributed by atoms with Gasteiger partial charge in [-0.15, -0.1) is 0 Å². The Bertz CT molecular complexity index is 1480. The van der Waals surface area contributed by atoms with Gasteiger partial charge in [0.1, 0.15) is 35.2 Å². The minimum Gasteiger partial charge on any atom is -0.434 e. The molecule has 1 aromatic carbocycles. The van der Waals surface area contributed by atoms with E-state index < -0.39 is 18.4 Å². The van der Waals surface area contributed by atoms with E-state index in [4.69, 9.17) is 27.5 Å². The molecule has 0 atom stereocenters. The van der Waals surface area contributed by atoms with E-state index in [0.29, 0.717) is 19.1 Å². The van der Waals surface area contributed by atoms with Crippen molar-refractivity contribution < 1.29 is 23.1 Å². The highest BCUT2D eigenvalue weighted by atomic mass is 35.5. The number of aromatic nitrogens is 2. The zero-order chi connectivity index (χ0) is 30.5. The fraction of sp³-hybridized carbons (Fsp3) is 0.393. The van der Waals surface area contributed by atoms with Crippen LogP contribution in [0.3, 0.4) is 0 Å². The number of aliphatic imine (C=N–C) groups is 1. The van der Waals surface area contributed by atoms with E-state index >= 15 is 0 Å². The van der Waals surface area contributed by atoms with Crippen molar-refractivity contribution in [2.75, 3.05) is 31.5 Å². The Morgan fingerprint density at radius 3 is 2.60 bits per heavy atom. The highest BCUT2D eigenvalue weighted by molar-refractivity contribution is 6.31. The zero-order valence-corrected chi connectivity index (χ0v) is 24.0. The highest BCUT2D eigenvalue weighted by Crippen LogP contribution is 2.37. The molecule has 0 bridgehead atoms. The number of halogens is 3. The fourth-order valence-corrected chi connectivity index (χ4v) is 5.68. The van der Waals surface area contributed by atoms with E-state index in [1.54, 1.807) is 11.0 Å². The number of alkyl halides is 2. The lowest BCUT2D eigenvalue weighted by molar-refractivity contribution is -0.133. The summed E-state index contributed by atoms with van der Waals surface area (Å²) in [5.41, 5.74) is 5.60. The Morgan fingerprint density at radius 2 is 1.95 bits per heavy atom. The molecular formula is C28H32ClF2N9O3. The van der Waals surface area contributed by atoms with Gasteiger partial charge in [0.15, 0.2) is 0 Å². The number of amides is 2. The van der Waals surface area contributed by atoms with Gasteiger partial charge < -0.3 is 30.9 Å². The first-order valence-corrected chi connectivity index (χ1v) is 14.3. The summed E-state index contributed by atoms with van der Waals surface area (Å²) in [4.78, 5) is 35.0. The monoisotopic (exact) mass is 615 g/mol. The van der Waals surface area contributed by atoms with Crippen LogP contribution in [0.1, 0.15) is 25.7 Å². The van der Waals surface area contributed by atoms with Crippen LogP contribution in [0.25, 0.3) is 11.3 Å². The fourth-order valence-electron chi connectivity index (χ4n) is 5.51. The number of hydrogen-bond acceptors (Lipinski definition) is 8. The van der Waals surface area contributed by atoms with Crippen LogP contribution in [0, 0.1) is 5.41 Å². The van der Waals surface area contributed by atoms with Crippen molar-refractivity contribution in [2.45, 2.75) is 44.9 Å². The van der Waals surface area contributed by atoms with Gasteiger partial charge in [0, 0.05) is 48.3 Å². The van der Waals surface area contributed by atoms with E-state index in [-0.39, 0.29) is 51.6 Å². The standard InChI is InChI=1S/C28H32ClF2N9O3/c29-17-4-5-21(43-28(30)31)19(14-17)24-20(36-27(42)23(25(32)33)26-34-8-3-9-35-26)15-40(37-24)16-22(41)39-12-6-18(7-13-39)38-10-1-2-11-38/h3-5,8-9,14-15,18,28,34H,1-2,6-7,10-13,16H2,(H3,32,33)(H,36,42)/b26-23-. The van der Waals surface area contributed by atoms with Crippen molar-refractivity contribution in [3.05, 3.63) is 53.1 Å². The van der Waals surface area contributed by atoms with Gasteiger partial charge >= 0.3 is 6.61 Å². The van der Waals surface area contributed by atoms with Gasteiger partial charge in [0.25, 0.3) is 5.91 Å². The third-order valence-electron chi connectivity index (χ3n) is 7.53. The molecule has 3 aliphatic rings. The summed E-state index contributed by atoms with van der Waals surface area (Å²) in [7, 11) is 0. The normalized spacial score (nSPS) is 18.6. The Morgan fingerprint density at radius 1 is 1.21 bits per heavy atom. The zero-order valence-electron chi connectivity index (χ0n) is 23.2. The SMILES string of the molecule is N=C(N)/C(C(=O)Nc1cn(CC(=O)N2CCC(N3CCCC3)CC2)nc1-c1cc(Cl)ccc1OC(F)F)=C1/N=CC=CN1. The van der Waals surface area contributed by atoms with E-state index in [0.717, 1.165) is 25.9 Å². The summed E-state index contributed by atoms with van der Waals surface area (Å²) in [5.74, 6) is -1.72. The minimum atomic E-state index is -3.14. The first-order valence-electron chi connectivity index (χ1n) is 13.9. The first-order chi connectivity index (χ1) is 20.7. The topological polar surface area (TPSA) is 154 Å². The number of rotatable bonds is 9. The quantitative estimate of drug-likeness (QED) is 0.192. The molecule has 228 valence electrons. The molecule has 43 heavy (non-hydrogen) atoms. The lowest BCUT2D eigenvalue weighted by atomic mass is 10.0. The number of carbonyl (C=O) groups is 2. The number of nitrogens with zero attached hydrogens (tertiary/aromatic N) is 5. The van der Waals surface area contributed by atoms with Crippen LogP contribution in [0.5, 0.6) is 5.75 Å². The number of amidine groups is 1. The molecular weight excluding hydrogens is 584 g/mol. The van der Waals surface area contributed by atoms with Crippen molar-refractivity contribution in [2.24, 2.45) is 10.7 Å². The molecule has 0 unspecified atom stereocenters. The van der Waals surface area contributed by atoms with E-state index in [1.165, 1.54) is 54.3 Å². The number of likely N-dealkylation sites (tertiary alicyclic amines) is 2. The molecule has 0 radical (unpaired) electrons. The summed E-state index contributed by atoms with van der Waals surface area (Å²) >= 11 is 6.19. The van der Waals surface area contributed by atoms with Crippen LogP contribution in [0.4, 0.5) is 14.5 Å². The molecule has 2 fully saturated rings. The number of ether oxygens (including phenoxy) is 1. The molecule has 0 saturated carbocycles. The molecule has 2 amide bonds. The third kappa shape index (κ3) is 7.20. The Labute approximate surface area is 251 Å². The van der Waals surface area contributed by atoms with Crippen LogP contribution >= 0.6 is 11.6 Å². The maximum Gasteiger partial charge on any atom is 0.387 e. The number of benzene rings is 1. The second-order valence-electron chi connectivity index (χ2n) is 10.3. The summed E-state index contributed by atoms with van der Waals surface area (Å²) in [6, 6.07) is 4.49. The van der Waals surface area contributed by atoms with Crippen molar-refractivity contribution in [1.29, 1.82) is 5.41 Å². The van der Waals surface area contributed by atoms with Crippen molar-refractivity contribution >= 4 is 41.2 Å². The summed E-state index contributed by atoms with van der Waals surface area (Å²) in [5, 5.41) is 18.0. The largest absolute Gasteiger partial charge is 0.434 e. The van der Waals surface area contributed by atoms with E-state index in [1.807, 2.05) is 0 Å². The third-order valence-corrected chi connectivity index (χ3v) is 7.77. The molecule has 1 aromatic heterocycles. The van der Waals surface area contributed by atoms with Crippen LogP contribution in [0.2, 0.25) is 5.02 Å².